The molecule has 6 nitrogen and oxygen atoms in total. The molecular weight excluding hydrogens is 278 g/mol. The van der Waals surface area contributed by atoms with E-state index in [1.807, 2.05) is 54.6 Å². The molecule has 0 aliphatic carbocycles. The van der Waals surface area contributed by atoms with Crippen molar-refractivity contribution in [2.24, 2.45) is 0 Å². The van der Waals surface area contributed by atoms with Crippen LogP contribution in [0.4, 0.5) is 5.69 Å². The van der Waals surface area contributed by atoms with Gasteiger partial charge in [0.15, 0.2) is 5.82 Å². The highest BCUT2D eigenvalue weighted by Crippen LogP contribution is 2.20. The van der Waals surface area contributed by atoms with Gasteiger partial charge in [0, 0.05) is 13.3 Å². The molecule has 1 amide bonds. The molecular formula is C16H15N5O. The van der Waals surface area contributed by atoms with Crippen LogP contribution in [0.2, 0.25) is 0 Å². The first-order valence-electron chi connectivity index (χ1n) is 6.92. The number of para-hydroxylation sites is 2. The maximum Gasteiger partial charge on any atom is 0.221 e. The van der Waals surface area contributed by atoms with Gasteiger partial charge >= 0.3 is 0 Å². The van der Waals surface area contributed by atoms with E-state index < -0.39 is 0 Å². The Kier molecular flexibility index (Phi) is 3.91. The number of carbonyl (C=O) groups is 1. The summed E-state index contributed by atoms with van der Waals surface area (Å²) in [6.07, 6.45) is 0.613. The van der Waals surface area contributed by atoms with E-state index in [0.29, 0.717) is 17.9 Å². The van der Waals surface area contributed by atoms with Crippen LogP contribution in [0.3, 0.4) is 0 Å². The third-order valence-electron chi connectivity index (χ3n) is 3.18. The fraction of sp³-hybridized carbons (Fsp3) is 0.125. The summed E-state index contributed by atoms with van der Waals surface area (Å²) < 4.78 is 1.65. The van der Waals surface area contributed by atoms with E-state index in [2.05, 4.69) is 20.8 Å². The van der Waals surface area contributed by atoms with Gasteiger partial charge in [0.05, 0.1) is 11.4 Å². The third kappa shape index (κ3) is 3.01. The molecule has 3 rings (SSSR count). The highest BCUT2D eigenvalue weighted by molar-refractivity contribution is 5.90. The second-order valence-corrected chi connectivity index (χ2v) is 4.87. The van der Waals surface area contributed by atoms with Crippen molar-refractivity contribution in [2.75, 3.05) is 5.32 Å². The Morgan fingerprint density at radius 1 is 1.09 bits per heavy atom. The standard InChI is InChI=1S/C16H15N5O/c1-12(22)17-14-9-5-6-10-15(14)21-16(18-19-20-21)11-13-7-3-2-4-8-13/h2-10H,11H2,1H3,(H,17,22). The molecule has 1 N–H and O–H groups in total. The number of amides is 1. The first-order chi connectivity index (χ1) is 10.7. The number of aromatic nitrogens is 4. The van der Waals surface area contributed by atoms with Gasteiger partial charge < -0.3 is 5.32 Å². The van der Waals surface area contributed by atoms with Crippen molar-refractivity contribution in [3.63, 3.8) is 0 Å². The number of hydrogen-bond acceptors (Lipinski definition) is 4. The van der Waals surface area contributed by atoms with Crippen LogP contribution in [0, 0.1) is 0 Å². The van der Waals surface area contributed by atoms with Crippen molar-refractivity contribution < 1.29 is 4.79 Å². The number of nitrogens with zero attached hydrogens (tertiary/aromatic N) is 4. The van der Waals surface area contributed by atoms with Crippen molar-refractivity contribution in [1.29, 1.82) is 0 Å². The summed E-state index contributed by atoms with van der Waals surface area (Å²) in [6, 6.07) is 17.4. The normalized spacial score (nSPS) is 10.4. The molecule has 0 aliphatic heterocycles. The Balaban J connectivity index is 1.97. The van der Waals surface area contributed by atoms with Gasteiger partial charge in [0.25, 0.3) is 0 Å². The summed E-state index contributed by atoms with van der Waals surface area (Å²) in [5.74, 6) is 0.578. The maximum atomic E-state index is 11.3. The van der Waals surface area contributed by atoms with Crippen molar-refractivity contribution in [3.8, 4) is 5.69 Å². The molecule has 0 bridgehead atoms. The van der Waals surface area contributed by atoms with Crippen LogP contribution < -0.4 is 5.32 Å². The van der Waals surface area contributed by atoms with Gasteiger partial charge in [-0.25, -0.2) is 0 Å². The summed E-state index contributed by atoms with van der Waals surface area (Å²) in [4.78, 5) is 11.3. The molecule has 1 aromatic heterocycles. The molecule has 3 aromatic rings. The van der Waals surface area contributed by atoms with Gasteiger partial charge in [0.1, 0.15) is 0 Å². The molecule has 0 fully saturated rings. The van der Waals surface area contributed by atoms with Crippen molar-refractivity contribution in [2.45, 2.75) is 13.3 Å². The SMILES string of the molecule is CC(=O)Nc1ccccc1-n1nnnc1Cc1ccccc1. The minimum atomic E-state index is -0.134. The Labute approximate surface area is 127 Å². The molecule has 2 aromatic carbocycles. The van der Waals surface area contributed by atoms with Gasteiger partial charge in [-0.1, -0.05) is 42.5 Å². The molecule has 22 heavy (non-hydrogen) atoms. The average molecular weight is 293 g/mol. The topological polar surface area (TPSA) is 72.7 Å². The van der Waals surface area contributed by atoms with Gasteiger partial charge in [0.2, 0.25) is 5.91 Å². The second kappa shape index (κ2) is 6.17. The smallest absolute Gasteiger partial charge is 0.221 e. The van der Waals surface area contributed by atoms with Crippen LogP contribution in [-0.4, -0.2) is 26.1 Å². The summed E-state index contributed by atoms with van der Waals surface area (Å²) >= 11 is 0. The quantitative estimate of drug-likeness (QED) is 0.800. The fourth-order valence-corrected chi connectivity index (χ4v) is 2.24. The number of hydrogen-bond donors (Lipinski definition) is 1. The number of rotatable bonds is 4. The van der Waals surface area contributed by atoms with Crippen LogP contribution >= 0.6 is 0 Å². The average Bonchev–Trinajstić information content (AvgIpc) is 2.96. The third-order valence-corrected chi connectivity index (χ3v) is 3.18. The Morgan fingerprint density at radius 2 is 1.82 bits per heavy atom. The highest BCUT2D eigenvalue weighted by atomic mass is 16.1. The summed E-state index contributed by atoms with van der Waals surface area (Å²) in [5, 5.41) is 14.7. The summed E-state index contributed by atoms with van der Waals surface area (Å²) in [5.41, 5.74) is 2.54. The van der Waals surface area contributed by atoms with E-state index in [4.69, 9.17) is 0 Å². The van der Waals surface area contributed by atoms with Gasteiger partial charge in [-0.15, -0.1) is 5.10 Å². The molecule has 0 saturated heterocycles. The van der Waals surface area contributed by atoms with Crippen LogP contribution in [-0.2, 0) is 11.2 Å². The van der Waals surface area contributed by atoms with E-state index in [-0.39, 0.29) is 5.91 Å². The van der Waals surface area contributed by atoms with Crippen LogP contribution in [0.1, 0.15) is 18.3 Å². The van der Waals surface area contributed by atoms with Crippen molar-refractivity contribution >= 4 is 11.6 Å². The van der Waals surface area contributed by atoms with E-state index in [9.17, 15) is 4.79 Å². The zero-order valence-electron chi connectivity index (χ0n) is 12.1. The zero-order chi connectivity index (χ0) is 15.4. The van der Waals surface area contributed by atoms with Crippen LogP contribution in [0.5, 0.6) is 0 Å². The fourth-order valence-electron chi connectivity index (χ4n) is 2.24. The van der Waals surface area contributed by atoms with Crippen LogP contribution in [0.25, 0.3) is 5.69 Å². The number of benzene rings is 2. The second-order valence-electron chi connectivity index (χ2n) is 4.87. The Hall–Kier alpha value is -3.02. The minimum Gasteiger partial charge on any atom is -0.324 e. The lowest BCUT2D eigenvalue weighted by molar-refractivity contribution is -0.114. The van der Waals surface area contributed by atoms with E-state index in [0.717, 1.165) is 11.3 Å². The van der Waals surface area contributed by atoms with E-state index in [1.165, 1.54) is 6.92 Å². The molecule has 0 aliphatic rings. The first-order valence-corrected chi connectivity index (χ1v) is 6.92. The van der Waals surface area contributed by atoms with Gasteiger partial charge in [-0.05, 0) is 28.1 Å². The molecule has 0 atom stereocenters. The van der Waals surface area contributed by atoms with E-state index in [1.54, 1.807) is 4.68 Å². The monoisotopic (exact) mass is 293 g/mol. The van der Waals surface area contributed by atoms with Crippen molar-refractivity contribution in [1.82, 2.24) is 20.2 Å². The Bertz CT molecular complexity index is 782. The summed E-state index contributed by atoms with van der Waals surface area (Å²) in [6.45, 7) is 1.47. The number of anilines is 1. The Morgan fingerprint density at radius 3 is 2.59 bits per heavy atom. The van der Waals surface area contributed by atoms with Crippen molar-refractivity contribution in [3.05, 3.63) is 66.0 Å². The lowest BCUT2D eigenvalue weighted by atomic mass is 10.1. The highest BCUT2D eigenvalue weighted by Gasteiger charge is 2.12. The zero-order valence-corrected chi connectivity index (χ0v) is 12.1. The first kappa shape index (κ1) is 13.9. The van der Waals surface area contributed by atoms with E-state index >= 15 is 0 Å². The van der Waals surface area contributed by atoms with Gasteiger partial charge in [-0.2, -0.15) is 4.68 Å². The lowest BCUT2D eigenvalue weighted by Crippen LogP contribution is -2.11. The molecule has 0 saturated carbocycles. The predicted octanol–water partition coefficient (Wildman–Crippen LogP) is 2.21. The number of carbonyl (C=O) groups excluding carboxylic acids is 1. The predicted molar refractivity (Wildman–Crippen MR) is 82.7 cm³/mol. The maximum absolute atomic E-state index is 11.3. The number of tetrazole rings is 1. The van der Waals surface area contributed by atoms with Crippen LogP contribution in [0.15, 0.2) is 54.6 Å². The molecule has 6 heteroatoms. The molecule has 1 heterocycles. The summed E-state index contributed by atoms with van der Waals surface area (Å²) in [7, 11) is 0. The molecule has 0 spiro atoms. The number of nitrogens with one attached hydrogen (secondary N) is 1. The molecule has 0 unspecified atom stereocenters. The molecule has 0 radical (unpaired) electrons. The lowest BCUT2D eigenvalue weighted by Gasteiger charge is -2.10. The molecule has 110 valence electrons. The largest absolute Gasteiger partial charge is 0.324 e. The minimum absolute atomic E-state index is 0.134. The van der Waals surface area contributed by atoms with Gasteiger partial charge in [-0.3, -0.25) is 4.79 Å².